The zero-order valence-electron chi connectivity index (χ0n) is 13.7. The second kappa shape index (κ2) is 4.78. The van der Waals surface area contributed by atoms with Gasteiger partial charge in [-0.3, -0.25) is 0 Å². The summed E-state index contributed by atoms with van der Waals surface area (Å²) in [7, 11) is 0. The Bertz CT molecular complexity index is 835. The van der Waals surface area contributed by atoms with Crippen LogP contribution in [0.25, 0.3) is 11.3 Å². The smallest absolute Gasteiger partial charge is 0.228 e. The lowest BCUT2D eigenvalue weighted by molar-refractivity contribution is -0.113. The van der Waals surface area contributed by atoms with Crippen LogP contribution < -0.4 is 15.5 Å². The third kappa shape index (κ3) is 1.97. The number of nitrogens with zero attached hydrogens (tertiary/aromatic N) is 6. The molecular formula is C17H19N7O. The number of nitrogens with two attached hydrogens (primary N) is 1. The number of ether oxygens (including phenoxy) is 1. The maximum atomic E-state index is 5.62. The molecule has 2 bridgehead atoms. The minimum Gasteiger partial charge on any atom is -0.372 e. The van der Waals surface area contributed by atoms with Gasteiger partial charge in [-0.1, -0.05) is 0 Å². The molecular weight excluding hydrogens is 318 g/mol. The van der Waals surface area contributed by atoms with E-state index in [-0.39, 0.29) is 5.95 Å². The Labute approximate surface area is 145 Å². The number of hydrogen-bond donors (Lipinski definition) is 1. The molecule has 5 fully saturated rings. The van der Waals surface area contributed by atoms with Crippen molar-refractivity contribution < 1.29 is 4.74 Å². The molecule has 6 heterocycles. The van der Waals surface area contributed by atoms with E-state index in [0.717, 1.165) is 48.6 Å². The molecule has 0 spiro atoms. The first-order valence-corrected chi connectivity index (χ1v) is 8.86. The zero-order chi connectivity index (χ0) is 16.5. The lowest BCUT2D eigenvalue weighted by atomic mass is 9.86. The minimum absolute atomic E-state index is 0.274. The molecule has 8 nitrogen and oxygen atoms in total. The summed E-state index contributed by atoms with van der Waals surface area (Å²) in [6.45, 7) is 2.77. The van der Waals surface area contributed by atoms with Crippen LogP contribution in [0.15, 0.2) is 18.5 Å². The van der Waals surface area contributed by atoms with E-state index in [9.17, 15) is 0 Å². The van der Waals surface area contributed by atoms with Crippen LogP contribution in [-0.4, -0.2) is 57.8 Å². The van der Waals surface area contributed by atoms with Crippen LogP contribution in [0.2, 0.25) is 0 Å². The molecule has 1 saturated carbocycles. The first-order valence-electron chi connectivity index (χ1n) is 8.86. The van der Waals surface area contributed by atoms with Gasteiger partial charge in [-0.05, 0) is 18.8 Å². The highest BCUT2D eigenvalue weighted by atomic mass is 16.5. The number of anilines is 3. The van der Waals surface area contributed by atoms with E-state index in [0.29, 0.717) is 18.2 Å². The third-order valence-electron chi connectivity index (χ3n) is 6.01. The van der Waals surface area contributed by atoms with Crippen LogP contribution >= 0.6 is 0 Å². The maximum Gasteiger partial charge on any atom is 0.228 e. The van der Waals surface area contributed by atoms with Gasteiger partial charge in [0.15, 0.2) is 0 Å². The molecule has 25 heavy (non-hydrogen) atoms. The number of morpholine rings is 1. The van der Waals surface area contributed by atoms with E-state index in [1.54, 1.807) is 12.4 Å². The summed E-state index contributed by atoms with van der Waals surface area (Å²) in [5.74, 6) is 2.90. The van der Waals surface area contributed by atoms with Crippen LogP contribution in [0.1, 0.15) is 12.8 Å². The van der Waals surface area contributed by atoms with Crippen LogP contribution in [0, 0.1) is 5.92 Å². The van der Waals surface area contributed by atoms with Gasteiger partial charge in [-0.25, -0.2) is 15.0 Å². The van der Waals surface area contributed by atoms with Crippen LogP contribution in [0.3, 0.4) is 0 Å². The monoisotopic (exact) mass is 337 g/mol. The second-order valence-electron chi connectivity index (χ2n) is 7.48. The summed E-state index contributed by atoms with van der Waals surface area (Å²) in [6, 6.07) is 3.10. The van der Waals surface area contributed by atoms with Gasteiger partial charge in [0.1, 0.15) is 5.82 Å². The number of nitrogen functional groups attached to an aromatic ring is 1. The van der Waals surface area contributed by atoms with E-state index >= 15 is 0 Å². The Morgan fingerprint density at radius 2 is 1.92 bits per heavy atom. The fraction of sp³-hybridized carbons (Fsp3) is 0.529. The Hall–Kier alpha value is -2.48. The van der Waals surface area contributed by atoms with Crippen molar-refractivity contribution in [3.63, 3.8) is 0 Å². The zero-order valence-corrected chi connectivity index (χ0v) is 13.7. The summed E-state index contributed by atoms with van der Waals surface area (Å²) in [6.07, 6.45) is 6.38. The van der Waals surface area contributed by atoms with Gasteiger partial charge in [0.25, 0.3) is 0 Å². The Morgan fingerprint density at radius 3 is 2.52 bits per heavy atom. The van der Waals surface area contributed by atoms with E-state index in [4.69, 9.17) is 20.4 Å². The summed E-state index contributed by atoms with van der Waals surface area (Å²) < 4.78 is 5.53. The average molecular weight is 337 g/mol. The largest absolute Gasteiger partial charge is 0.372 e. The normalized spacial score (nSPS) is 31.8. The van der Waals surface area contributed by atoms with Crippen LogP contribution in [0.5, 0.6) is 0 Å². The molecule has 2 aromatic heterocycles. The molecule has 2 N–H and O–H groups in total. The lowest BCUT2D eigenvalue weighted by Crippen LogP contribution is -2.71. The molecule has 0 amide bonds. The SMILES string of the molecule is Nc1ncc(-c2cc(N3CC4OC[C@H]43)nc(N3CC4CC3C4)n2)cn1. The van der Waals surface area contributed by atoms with Gasteiger partial charge in [0.2, 0.25) is 11.9 Å². The average Bonchev–Trinajstić information content (AvgIpc) is 3.18. The predicted octanol–water partition coefficient (Wildman–Crippen LogP) is 0.702. The molecule has 5 aliphatic rings. The highest BCUT2D eigenvalue weighted by Crippen LogP contribution is 2.43. The standard InChI is InChI=1S/C17H19N7O/c18-16-19-4-10(5-20-16)12-3-15(24-7-14-13(24)8-25-14)22-17(21-12)23-6-9-1-11(23)2-9/h3-5,9,11,13-14H,1-2,6-8H2,(H2,18,19,20)/t9?,11?,13-,14?/m1/s1. The lowest BCUT2D eigenvalue weighted by Gasteiger charge is -2.55. The molecule has 0 radical (unpaired) electrons. The quantitative estimate of drug-likeness (QED) is 0.875. The Kier molecular flexibility index (Phi) is 2.64. The number of rotatable bonds is 3. The summed E-state index contributed by atoms with van der Waals surface area (Å²) in [5.41, 5.74) is 7.35. The maximum absolute atomic E-state index is 5.62. The van der Waals surface area contributed by atoms with Crippen molar-refractivity contribution in [3.8, 4) is 11.3 Å². The van der Waals surface area contributed by atoms with Gasteiger partial charge in [0, 0.05) is 43.2 Å². The molecule has 2 aromatic rings. The Morgan fingerprint density at radius 1 is 1.08 bits per heavy atom. The van der Waals surface area contributed by atoms with Crippen molar-refractivity contribution in [2.24, 2.45) is 5.92 Å². The Balaban J connectivity index is 1.42. The van der Waals surface area contributed by atoms with Gasteiger partial charge in [0.05, 0.1) is 24.4 Å². The fourth-order valence-electron chi connectivity index (χ4n) is 4.33. The van der Waals surface area contributed by atoms with E-state index in [1.165, 1.54) is 12.8 Å². The number of hydrogen-bond acceptors (Lipinski definition) is 8. The van der Waals surface area contributed by atoms with Crippen LogP contribution in [-0.2, 0) is 4.74 Å². The second-order valence-corrected chi connectivity index (χ2v) is 7.48. The summed E-state index contributed by atoms with van der Waals surface area (Å²) in [4.78, 5) is 22.6. The van der Waals surface area contributed by atoms with Gasteiger partial charge >= 0.3 is 0 Å². The molecule has 4 saturated heterocycles. The molecule has 0 aromatic carbocycles. The highest BCUT2D eigenvalue weighted by Gasteiger charge is 2.49. The predicted molar refractivity (Wildman–Crippen MR) is 92.2 cm³/mol. The third-order valence-corrected chi connectivity index (χ3v) is 6.01. The first-order chi connectivity index (χ1) is 12.2. The van der Waals surface area contributed by atoms with Crippen molar-refractivity contribution in [1.82, 2.24) is 19.9 Å². The van der Waals surface area contributed by atoms with Gasteiger partial charge in [-0.15, -0.1) is 0 Å². The molecule has 1 aliphatic carbocycles. The molecule has 1 unspecified atom stereocenters. The summed E-state index contributed by atoms with van der Waals surface area (Å²) in [5, 5.41) is 0. The van der Waals surface area contributed by atoms with Crippen molar-refractivity contribution in [2.75, 3.05) is 35.2 Å². The van der Waals surface area contributed by atoms with Gasteiger partial charge in [-0.2, -0.15) is 4.98 Å². The molecule has 4 aliphatic heterocycles. The van der Waals surface area contributed by atoms with Crippen molar-refractivity contribution in [2.45, 2.75) is 31.0 Å². The minimum atomic E-state index is 0.274. The highest BCUT2D eigenvalue weighted by molar-refractivity contribution is 5.65. The first kappa shape index (κ1) is 13.8. The number of fused-ring (bicyclic) bond motifs is 2. The molecule has 128 valence electrons. The van der Waals surface area contributed by atoms with Crippen LogP contribution in [0.4, 0.5) is 17.7 Å². The van der Waals surface area contributed by atoms with E-state index in [1.807, 2.05) is 6.07 Å². The fourth-order valence-corrected chi connectivity index (χ4v) is 4.33. The number of aromatic nitrogens is 4. The molecule has 2 atom stereocenters. The van der Waals surface area contributed by atoms with Crippen molar-refractivity contribution in [3.05, 3.63) is 18.5 Å². The topological polar surface area (TPSA) is 93.3 Å². The van der Waals surface area contributed by atoms with Gasteiger partial charge < -0.3 is 20.3 Å². The molecule has 7 rings (SSSR count). The van der Waals surface area contributed by atoms with Crippen molar-refractivity contribution >= 4 is 17.7 Å². The molecule has 8 heteroatoms. The van der Waals surface area contributed by atoms with E-state index < -0.39 is 0 Å². The van der Waals surface area contributed by atoms with Crippen molar-refractivity contribution in [1.29, 1.82) is 0 Å². The summed E-state index contributed by atoms with van der Waals surface area (Å²) >= 11 is 0. The van der Waals surface area contributed by atoms with E-state index in [2.05, 4.69) is 19.8 Å².